The maximum atomic E-state index is 13.2. The Kier molecular flexibility index (Phi) is 4.43. The topological polar surface area (TPSA) is 46.2 Å². The van der Waals surface area contributed by atoms with E-state index in [0.29, 0.717) is 0 Å². The van der Waals surface area contributed by atoms with Gasteiger partial charge in [-0.05, 0) is 25.1 Å². The highest BCUT2D eigenvalue weighted by Crippen LogP contribution is 2.14. The fourth-order valence-electron chi connectivity index (χ4n) is 1.12. The molecule has 0 aliphatic rings. The highest BCUT2D eigenvalue weighted by Gasteiger charge is 2.11. The molecule has 0 radical (unpaired) electrons. The van der Waals surface area contributed by atoms with E-state index in [1.54, 1.807) is 0 Å². The van der Waals surface area contributed by atoms with Crippen LogP contribution < -0.4 is 5.32 Å². The quantitative estimate of drug-likeness (QED) is 0.881. The first-order valence-electron chi connectivity index (χ1n) is 4.73. The summed E-state index contributed by atoms with van der Waals surface area (Å²) < 4.78 is 13.2. The molecule has 0 aliphatic heterocycles. The average molecular weight is 244 g/mol. The van der Waals surface area contributed by atoms with Gasteiger partial charge in [0.2, 0.25) is 0 Å². The number of nitrogens with one attached hydrogen (secondary N) is 1. The van der Waals surface area contributed by atoms with E-state index in [1.807, 2.05) is 0 Å². The van der Waals surface area contributed by atoms with Crippen molar-refractivity contribution in [1.82, 2.24) is 5.32 Å². The molecule has 0 saturated heterocycles. The fourth-order valence-corrected chi connectivity index (χ4v) is 1.29. The van der Waals surface area contributed by atoms with Crippen LogP contribution in [0.4, 0.5) is 4.39 Å². The zero-order valence-electron chi connectivity index (χ0n) is 8.72. The largest absolute Gasteiger partial charge is 0.352 e. The van der Waals surface area contributed by atoms with Crippen LogP contribution in [0.25, 0.3) is 0 Å². The predicted molar refractivity (Wildman–Crippen MR) is 59.0 cm³/mol. The van der Waals surface area contributed by atoms with Gasteiger partial charge in [0.1, 0.15) is 11.6 Å². The van der Waals surface area contributed by atoms with Gasteiger partial charge in [-0.3, -0.25) is 9.59 Å². The molecular formula is C11H11ClFNO2. The van der Waals surface area contributed by atoms with Crippen LogP contribution in [0, 0.1) is 5.82 Å². The van der Waals surface area contributed by atoms with E-state index >= 15 is 0 Å². The number of rotatable bonds is 4. The van der Waals surface area contributed by atoms with Crippen LogP contribution in [0.15, 0.2) is 18.2 Å². The van der Waals surface area contributed by atoms with Crippen molar-refractivity contribution in [1.29, 1.82) is 0 Å². The van der Waals surface area contributed by atoms with Gasteiger partial charge in [0.25, 0.3) is 5.91 Å². The number of benzene rings is 1. The summed E-state index contributed by atoms with van der Waals surface area (Å²) in [6.45, 7) is 1.62. The lowest BCUT2D eigenvalue weighted by Crippen LogP contribution is -2.26. The average Bonchev–Trinajstić information content (AvgIpc) is 2.21. The van der Waals surface area contributed by atoms with Crippen LogP contribution in [-0.2, 0) is 4.79 Å². The van der Waals surface area contributed by atoms with E-state index in [-0.39, 0.29) is 29.3 Å². The Balaban J connectivity index is 2.65. The minimum atomic E-state index is -0.635. The van der Waals surface area contributed by atoms with Gasteiger partial charge in [-0.2, -0.15) is 0 Å². The number of hydrogen-bond acceptors (Lipinski definition) is 2. The van der Waals surface area contributed by atoms with Crippen LogP contribution >= 0.6 is 11.6 Å². The van der Waals surface area contributed by atoms with Gasteiger partial charge < -0.3 is 5.32 Å². The third-order valence-electron chi connectivity index (χ3n) is 1.94. The molecule has 1 rings (SSSR count). The van der Waals surface area contributed by atoms with E-state index in [1.165, 1.54) is 19.1 Å². The van der Waals surface area contributed by atoms with E-state index < -0.39 is 11.7 Å². The molecule has 16 heavy (non-hydrogen) atoms. The summed E-state index contributed by atoms with van der Waals surface area (Å²) in [7, 11) is 0. The summed E-state index contributed by atoms with van der Waals surface area (Å²) in [4.78, 5) is 22.1. The minimum Gasteiger partial charge on any atom is -0.352 e. The van der Waals surface area contributed by atoms with Crippen molar-refractivity contribution in [2.24, 2.45) is 0 Å². The molecule has 1 aromatic rings. The lowest BCUT2D eigenvalue weighted by molar-refractivity contribution is -0.116. The minimum absolute atomic E-state index is 0.0353. The SMILES string of the molecule is CC(=O)CCNC(=O)c1cc(Cl)ccc1F. The number of ketones is 1. The summed E-state index contributed by atoms with van der Waals surface area (Å²) in [5, 5.41) is 2.73. The molecule has 1 N–H and O–H groups in total. The maximum Gasteiger partial charge on any atom is 0.254 e. The molecule has 0 fully saturated rings. The number of carbonyl (C=O) groups is 2. The lowest BCUT2D eigenvalue weighted by atomic mass is 10.2. The second kappa shape index (κ2) is 5.61. The number of amides is 1. The van der Waals surface area contributed by atoms with Gasteiger partial charge in [-0.25, -0.2) is 4.39 Å². The molecule has 5 heteroatoms. The van der Waals surface area contributed by atoms with E-state index in [2.05, 4.69) is 5.32 Å². The van der Waals surface area contributed by atoms with Crippen LogP contribution in [0.1, 0.15) is 23.7 Å². The summed E-state index contributed by atoms with van der Waals surface area (Å²) in [5.74, 6) is -1.24. The molecule has 3 nitrogen and oxygen atoms in total. The molecule has 0 saturated carbocycles. The fraction of sp³-hybridized carbons (Fsp3) is 0.273. The Morgan fingerprint density at radius 1 is 1.44 bits per heavy atom. The number of Topliss-reactive ketones (excluding diaryl/α,β-unsaturated/α-hetero) is 1. The van der Waals surface area contributed by atoms with Gasteiger partial charge in [0, 0.05) is 18.0 Å². The van der Waals surface area contributed by atoms with Crippen molar-refractivity contribution in [3.63, 3.8) is 0 Å². The third kappa shape index (κ3) is 3.62. The van der Waals surface area contributed by atoms with Gasteiger partial charge >= 0.3 is 0 Å². The molecule has 1 aromatic carbocycles. The van der Waals surface area contributed by atoms with Gasteiger partial charge in [-0.15, -0.1) is 0 Å². The zero-order valence-corrected chi connectivity index (χ0v) is 9.47. The Bertz CT molecular complexity index is 420. The molecule has 0 bridgehead atoms. The van der Waals surface area contributed by atoms with E-state index in [0.717, 1.165) is 6.07 Å². The molecule has 86 valence electrons. The van der Waals surface area contributed by atoms with Crippen molar-refractivity contribution in [3.05, 3.63) is 34.6 Å². The monoisotopic (exact) mass is 243 g/mol. The Labute approximate surface area is 97.6 Å². The summed E-state index contributed by atoms with van der Waals surface area (Å²) in [6.07, 6.45) is 0.230. The highest BCUT2D eigenvalue weighted by atomic mass is 35.5. The molecule has 0 heterocycles. The van der Waals surface area contributed by atoms with Crippen LogP contribution in [0.3, 0.4) is 0 Å². The maximum absolute atomic E-state index is 13.2. The first-order chi connectivity index (χ1) is 7.50. The zero-order chi connectivity index (χ0) is 12.1. The standard InChI is InChI=1S/C11H11ClFNO2/c1-7(15)4-5-14-11(16)9-6-8(12)2-3-10(9)13/h2-3,6H,4-5H2,1H3,(H,14,16). The highest BCUT2D eigenvalue weighted by molar-refractivity contribution is 6.31. The number of hydrogen-bond donors (Lipinski definition) is 1. The molecular weight excluding hydrogens is 233 g/mol. The summed E-state index contributed by atoms with van der Waals surface area (Å²) in [6, 6.07) is 3.74. The van der Waals surface area contributed by atoms with E-state index in [4.69, 9.17) is 11.6 Å². The molecule has 0 aromatic heterocycles. The third-order valence-corrected chi connectivity index (χ3v) is 2.17. The molecule has 0 unspecified atom stereocenters. The number of halogens is 2. The van der Waals surface area contributed by atoms with Crippen molar-refractivity contribution in [2.75, 3.05) is 6.54 Å². The number of carbonyl (C=O) groups excluding carboxylic acids is 2. The molecule has 0 aliphatic carbocycles. The van der Waals surface area contributed by atoms with Gasteiger partial charge in [0.05, 0.1) is 5.56 Å². The Morgan fingerprint density at radius 2 is 2.12 bits per heavy atom. The summed E-state index contributed by atoms with van der Waals surface area (Å²) >= 11 is 5.64. The van der Waals surface area contributed by atoms with Crippen molar-refractivity contribution >= 4 is 23.3 Å². The lowest BCUT2D eigenvalue weighted by Gasteiger charge is -2.05. The first kappa shape index (κ1) is 12.6. The normalized spacial score (nSPS) is 9.94. The van der Waals surface area contributed by atoms with Gasteiger partial charge in [0.15, 0.2) is 0 Å². The predicted octanol–water partition coefficient (Wildman–Crippen LogP) is 2.19. The van der Waals surface area contributed by atoms with Crippen LogP contribution in [-0.4, -0.2) is 18.2 Å². The molecule has 0 spiro atoms. The van der Waals surface area contributed by atoms with Crippen molar-refractivity contribution in [3.8, 4) is 0 Å². The first-order valence-corrected chi connectivity index (χ1v) is 5.11. The summed E-state index contributed by atoms with van der Waals surface area (Å²) in [5.41, 5.74) is -0.115. The van der Waals surface area contributed by atoms with Gasteiger partial charge in [-0.1, -0.05) is 11.6 Å². The molecule has 0 atom stereocenters. The van der Waals surface area contributed by atoms with Crippen molar-refractivity contribution in [2.45, 2.75) is 13.3 Å². The second-order valence-electron chi connectivity index (χ2n) is 3.33. The second-order valence-corrected chi connectivity index (χ2v) is 3.77. The van der Waals surface area contributed by atoms with Crippen LogP contribution in [0.2, 0.25) is 5.02 Å². The smallest absolute Gasteiger partial charge is 0.254 e. The Morgan fingerprint density at radius 3 is 2.75 bits per heavy atom. The van der Waals surface area contributed by atoms with E-state index in [9.17, 15) is 14.0 Å². The Hall–Kier alpha value is -1.42. The van der Waals surface area contributed by atoms with Crippen LogP contribution in [0.5, 0.6) is 0 Å². The van der Waals surface area contributed by atoms with Crippen molar-refractivity contribution < 1.29 is 14.0 Å². The molecule has 1 amide bonds.